The number of sulfonamides is 1. The molecule has 1 aliphatic heterocycles. The van der Waals surface area contributed by atoms with E-state index in [1.165, 1.54) is 9.58 Å². The molecule has 2 heterocycles. The summed E-state index contributed by atoms with van der Waals surface area (Å²) in [5.41, 5.74) is 1.20. The van der Waals surface area contributed by atoms with E-state index in [9.17, 15) is 22.4 Å². The Morgan fingerprint density at radius 1 is 1.18 bits per heavy atom. The first kappa shape index (κ1) is 29.5. The van der Waals surface area contributed by atoms with Crippen molar-refractivity contribution in [3.8, 4) is 5.69 Å². The van der Waals surface area contributed by atoms with Crippen molar-refractivity contribution < 1.29 is 17.6 Å². The van der Waals surface area contributed by atoms with Gasteiger partial charge in [0.1, 0.15) is 16.4 Å². The van der Waals surface area contributed by atoms with Gasteiger partial charge in [0.05, 0.1) is 28.2 Å². The van der Waals surface area contributed by atoms with Gasteiger partial charge >= 0.3 is 0 Å². The summed E-state index contributed by atoms with van der Waals surface area (Å²) < 4.78 is 38.9. The summed E-state index contributed by atoms with van der Waals surface area (Å²) in [6.45, 7) is 5.42. The van der Waals surface area contributed by atoms with Crippen molar-refractivity contribution in [1.82, 2.24) is 19.6 Å². The first-order valence-corrected chi connectivity index (χ1v) is 14.6. The largest absolute Gasteiger partial charge is 0.377 e. The second-order valence-electron chi connectivity index (χ2n) is 9.37. The number of nitrogens with zero attached hydrogens (tertiary/aromatic N) is 5. The number of piperazine rings is 1. The van der Waals surface area contributed by atoms with Gasteiger partial charge < -0.3 is 20.0 Å². The SMILES string of the molecule is CCN(C)CCNc1c(N2CCN(C(=O)c3cc(S(N)(=O)=O)c(F)cc3Cl)CC2)cnn(-c2ccccc2)c1=O. The van der Waals surface area contributed by atoms with Gasteiger partial charge in [-0.15, -0.1) is 0 Å². The summed E-state index contributed by atoms with van der Waals surface area (Å²) in [5, 5.41) is 12.6. The monoisotopic (exact) mass is 591 g/mol. The summed E-state index contributed by atoms with van der Waals surface area (Å²) in [5.74, 6) is -1.68. The van der Waals surface area contributed by atoms with Gasteiger partial charge in [-0.25, -0.2) is 17.9 Å². The molecule has 0 atom stereocenters. The fourth-order valence-electron chi connectivity index (χ4n) is 4.37. The number of hydrogen-bond acceptors (Lipinski definition) is 8. The van der Waals surface area contributed by atoms with Gasteiger partial charge in [0.2, 0.25) is 10.0 Å². The summed E-state index contributed by atoms with van der Waals surface area (Å²) in [6, 6.07) is 10.8. The van der Waals surface area contributed by atoms with Crippen LogP contribution in [0.15, 0.2) is 58.4 Å². The maximum Gasteiger partial charge on any atom is 0.296 e. The number of benzene rings is 2. The average molecular weight is 592 g/mol. The number of amides is 1. The zero-order valence-electron chi connectivity index (χ0n) is 22.2. The molecule has 3 aromatic rings. The fraction of sp³-hybridized carbons (Fsp3) is 0.346. The number of halogens is 2. The highest BCUT2D eigenvalue weighted by atomic mass is 35.5. The summed E-state index contributed by atoms with van der Waals surface area (Å²) in [7, 11) is -2.40. The molecule has 0 radical (unpaired) electrons. The van der Waals surface area contributed by atoms with Crippen molar-refractivity contribution >= 4 is 38.9 Å². The lowest BCUT2D eigenvalue weighted by Crippen LogP contribution is -2.49. The standard InChI is InChI=1S/C26H31ClFN7O4S/c1-3-32(2)10-9-30-24-22(17-31-35(26(24)37)18-7-5-4-6-8-18)33-11-13-34(14-12-33)25(36)19-15-23(40(29,38)39)21(28)16-20(19)27/h4-8,15-17,30H,3,9-14H2,1-2H3,(H2,29,38,39). The lowest BCUT2D eigenvalue weighted by Gasteiger charge is -2.37. The molecule has 0 unspecified atom stereocenters. The molecule has 1 saturated heterocycles. The molecule has 1 amide bonds. The highest BCUT2D eigenvalue weighted by molar-refractivity contribution is 7.89. The zero-order chi connectivity index (χ0) is 29.0. The third-order valence-electron chi connectivity index (χ3n) is 6.76. The molecule has 11 nitrogen and oxygen atoms in total. The predicted octanol–water partition coefficient (Wildman–Crippen LogP) is 2.00. The van der Waals surface area contributed by atoms with E-state index in [-0.39, 0.29) is 29.2 Å². The minimum Gasteiger partial charge on any atom is -0.377 e. The van der Waals surface area contributed by atoms with Crippen molar-refractivity contribution in [1.29, 1.82) is 0 Å². The van der Waals surface area contributed by atoms with Gasteiger partial charge in [0.25, 0.3) is 11.5 Å². The first-order chi connectivity index (χ1) is 19.0. The molecule has 1 aromatic heterocycles. The number of nitrogens with one attached hydrogen (secondary N) is 1. The second-order valence-corrected chi connectivity index (χ2v) is 11.3. The van der Waals surface area contributed by atoms with Crippen LogP contribution in [0.3, 0.4) is 0 Å². The Balaban J connectivity index is 1.57. The summed E-state index contributed by atoms with van der Waals surface area (Å²) in [4.78, 5) is 31.5. The number of aromatic nitrogens is 2. The van der Waals surface area contributed by atoms with Crippen LogP contribution in [0.1, 0.15) is 17.3 Å². The molecule has 40 heavy (non-hydrogen) atoms. The highest BCUT2D eigenvalue weighted by Gasteiger charge is 2.28. The maximum atomic E-state index is 14.1. The van der Waals surface area contributed by atoms with E-state index in [1.54, 1.807) is 18.3 Å². The van der Waals surface area contributed by atoms with Crippen LogP contribution in [0.5, 0.6) is 0 Å². The molecule has 14 heteroatoms. The summed E-state index contributed by atoms with van der Waals surface area (Å²) in [6.07, 6.45) is 1.63. The van der Waals surface area contributed by atoms with Crippen molar-refractivity contribution in [2.24, 2.45) is 5.14 Å². The molecule has 0 aliphatic carbocycles. The zero-order valence-corrected chi connectivity index (χ0v) is 23.8. The van der Waals surface area contributed by atoms with Gasteiger partial charge in [-0.05, 0) is 37.9 Å². The number of hydrogen-bond donors (Lipinski definition) is 2. The predicted molar refractivity (Wildman–Crippen MR) is 152 cm³/mol. The van der Waals surface area contributed by atoms with Crippen molar-refractivity contribution in [3.63, 3.8) is 0 Å². The second kappa shape index (κ2) is 12.3. The fourth-order valence-corrected chi connectivity index (χ4v) is 5.21. The molecule has 1 fully saturated rings. The lowest BCUT2D eigenvalue weighted by atomic mass is 10.1. The Morgan fingerprint density at radius 2 is 1.85 bits per heavy atom. The number of carbonyl (C=O) groups excluding carboxylic acids is 1. The van der Waals surface area contributed by atoms with Gasteiger partial charge in [0, 0.05) is 39.3 Å². The molecule has 3 N–H and O–H groups in total. The van der Waals surface area contributed by atoms with E-state index in [0.29, 0.717) is 36.7 Å². The molecule has 2 aromatic carbocycles. The van der Waals surface area contributed by atoms with Gasteiger partial charge in [0.15, 0.2) is 0 Å². The minimum atomic E-state index is -4.39. The van der Waals surface area contributed by atoms with Gasteiger partial charge in [-0.3, -0.25) is 9.59 Å². The number of likely N-dealkylation sites (N-methyl/N-ethyl adjacent to an activating group) is 1. The maximum absolute atomic E-state index is 14.1. The van der Waals surface area contributed by atoms with E-state index in [4.69, 9.17) is 16.7 Å². The van der Waals surface area contributed by atoms with E-state index in [2.05, 4.69) is 22.2 Å². The van der Waals surface area contributed by atoms with E-state index < -0.39 is 26.6 Å². The number of rotatable bonds is 9. The average Bonchev–Trinajstić information content (AvgIpc) is 2.93. The molecule has 0 bridgehead atoms. The Labute approximate surface area is 237 Å². The van der Waals surface area contributed by atoms with Gasteiger partial charge in [-0.2, -0.15) is 9.78 Å². The Hall–Kier alpha value is -3.52. The number of nitrogens with two attached hydrogens (primary N) is 1. The Morgan fingerprint density at radius 3 is 2.48 bits per heavy atom. The third-order valence-corrected chi connectivity index (χ3v) is 8.00. The highest BCUT2D eigenvalue weighted by Crippen LogP contribution is 2.27. The third kappa shape index (κ3) is 6.44. The Kier molecular flexibility index (Phi) is 9.08. The summed E-state index contributed by atoms with van der Waals surface area (Å²) >= 11 is 6.08. The minimum absolute atomic E-state index is 0.157. The topological polar surface area (TPSA) is 134 Å². The first-order valence-electron chi connectivity index (χ1n) is 12.7. The molecule has 214 valence electrons. The van der Waals surface area contributed by atoms with Crippen molar-refractivity contribution in [2.75, 3.05) is 63.1 Å². The van der Waals surface area contributed by atoms with E-state index in [0.717, 1.165) is 25.2 Å². The molecule has 0 saturated carbocycles. The number of para-hydroxylation sites is 1. The van der Waals surface area contributed by atoms with Crippen LogP contribution in [-0.2, 0) is 10.0 Å². The molecule has 1 aliphatic rings. The molecular formula is C26H31ClFN7O4S. The van der Waals surface area contributed by atoms with Crippen LogP contribution in [0.4, 0.5) is 15.8 Å². The van der Waals surface area contributed by atoms with Crippen LogP contribution in [-0.4, -0.2) is 86.8 Å². The molecule has 4 rings (SSSR count). The van der Waals surface area contributed by atoms with Crippen LogP contribution in [0, 0.1) is 5.82 Å². The van der Waals surface area contributed by atoms with Crippen molar-refractivity contribution in [2.45, 2.75) is 11.8 Å². The van der Waals surface area contributed by atoms with Crippen LogP contribution >= 0.6 is 11.6 Å². The van der Waals surface area contributed by atoms with E-state index >= 15 is 0 Å². The molecule has 0 spiro atoms. The van der Waals surface area contributed by atoms with Crippen molar-refractivity contribution in [3.05, 3.63) is 75.4 Å². The van der Waals surface area contributed by atoms with Crippen LogP contribution in [0.25, 0.3) is 5.69 Å². The number of anilines is 2. The van der Waals surface area contributed by atoms with Crippen LogP contribution in [0.2, 0.25) is 5.02 Å². The smallest absolute Gasteiger partial charge is 0.296 e. The normalized spacial score (nSPS) is 14.1. The molecular weight excluding hydrogens is 561 g/mol. The Bertz CT molecular complexity index is 1540. The van der Waals surface area contributed by atoms with Crippen LogP contribution < -0.4 is 20.9 Å². The van der Waals surface area contributed by atoms with E-state index in [1.807, 2.05) is 30.1 Å². The number of primary sulfonamides is 1. The van der Waals surface area contributed by atoms with Gasteiger partial charge in [-0.1, -0.05) is 36.7 Å². The number of carbonyl (C=O) groups is 1. The quantitative estimate of drug-likeness (QED) is 0.386. The lowest BCUT2D eigenvalue weighted by molar-refractivity contribution is 0.0746.